The van der Waals surface area contributed by atoms with Crippen LogP contribution in [0.3, 0.4) is 0 Å². The van der Waals surface area contributed by atoms with Crippen LogP contribution in [0.25, 0.3) is 0 Å². The van der Waals surface area contributed by atoms with E-state index in [-0.39, 0.29) is 5.92 Å². The van der Waals surface area contributed by atoms with Crippen molar-refractivity contribution in [2.45, 2.75) is 39.7 Å². The van der Waals surface area contributed by atoms with Gasteiger partial charge in [0.05, 0.1) is 6.10 Å². The zero-order valence-corrected chi connectivity index (χ0v) is 11.7. The molecule has 0 radical (unpaired) electrons. The van der Waals surface area contributed by atoms with Gasteiger partial charge >= 0.3 is 0 Å². The van der Waals surface area contributed by atoms with E-state index in [2.05, 4.69) is 26.5 Å². The summed E-state index contributed by atoms with van der Waals surface area (Å²) in [7, 11) is 0. The summed E-state index contributed by atoms with van der Waals surface area (Å²) in [6.45, 7) is 10.4. The predicted octanol–water partition coefficient (Wildman–Crippen LogP) is 4.66. The number of aliphatic hydroxyl groups excluding tert-OH is 1. The van der Waals surface area contributed by atoms with Crippen LogP contribution in [0.1, 0.15) is 45.3 Å². The lowest BCUT2D eigenvalue weighted by Crippen LogP contribution is -2.11. The van der Waals surface area contributed by atoms with Crippen LogP contribution < -0.4 is 0 Å². The van der Waals surface area contributed by atoms with Crippen molar-refractivity contribution in [1.82, 2.24) is 0 Å². The molecule has 0 aliphatic carbocycles. The maximum Gasteiger partial charge on any atom is 0.0852 e. The molecule has 1 rings (SSSR count). The highest BCUT2D eigenvalue weighted by atomic mass is 16.3. The van der Waals surface area contributed by atoms with Crippen LogP contribution in [-0.4, -0.2) is 5.11 Å². The lowest BCUT2D eigenvalue weighted by molar-refractivity contribution is 0.133. The van der Waals surface area contributed by atoms with E-state index in [9.17, 15) is 5.11 Å². The van der Waals surface area contributed by atoms with Gasteiger partial charge in [0.1, 0.15) is 0 Å². The summed E-state index contributed by atoms with van der Waals surface area (Å²) in [5, 5.41) is 10.3. The summed E-state index contributed by atoms with van der Waals surface area (Å²) in [4.78, 5) is 0. The number of hydrogen-bond donors (Lipinski definition) is 1. The normalized spacial score (nSPS) is 13.8. The molecule has 0 amide bonds. The van der Waals surface area contributed by atoms with E-state index in [0.29, 0.717) is 0 Å². The van der Waals surface area contributed by atoms with Crippen LogP contribution in [0, 0.1) is 5.92 Å². The van der Waals surface area contributed by atoms with Gasteiger partial charge in [-0.25, -0.2) is 0 Å². The molecule has 2 atom stereocenters. The summed E-state index contributed by atoms with van der Waals surface area (Å²) in [6, 6.07) is 9.80. The molecule has 0 heterocycles. The molecule has 18 heavy (non-hydrogen) atoms. The molecule has 0 aromatic heterocycles. The number of rotatable bonds is 6. The first kappa shape index (κ1) is 14.7. The Balaban J connectivity index is 2.56. The summed E-state index contributed by atoms with van der Waals surface area (Å²) < 4.78 is 0. The molecule has 0 bridgehead atoms. The summed E-state index contributed by atoms with van der Waals surface area (Å²) in [6.07, 6.45) is 3.71. The van der Waals surface area contributed by atoms with Gasteiger partial charge in [0.15, 0.2) is 0 Å². The monoisotopic (exact) mass is 244 g/mol. The average molecular weight is 244 g/mol. The topological polar surface area (TPSA) is 20.2 Å². The molecule has 98 valence electrons. The Morgan fingerprint density at radius 1 is 1.28 bits per heavy atom. The molecule has 1 nitrogen and oxygen atoms in total. The highest BCUT2D eigenvalue weighted by Gasteiger charge is 2.18. The van der Waals surface area contributed by atoms with E-state index in [4.69, 9.17) is 0 Å². The highest BCUT2D eigenvalue weighted by molar-refractivity contribution is 5.20. The molecular weight excluding hydrogens is 220 g/mol. The van der Waals surface area contributed by atoms with E-state index in [1.807, 2.05) is 37.3 Å². The Labute approximate surface area is 111 Å². The van der Waals surface area contributed by atoms with E-state index in [0.717, 1.165) is 24.0 Å². The third-order valence-electron chi connectivity index (χ3n) is 3.28. The molecule has 0 spiro atoms. The van der Waals surface area contributed by atoms with Crippen molar-refractivity contribution < 1.29 is 5.11 Å². The molecule has 1 heteroatoms. The maximum absolute atomic E-state index is 10.3. The minimum atomic E-state index is -0.453. The fraction of sp³-hybridized carbons (Fsp3) is 0.412. The highest BCUT2D eigenvalue weighted by Crippen LogP contribution is 2.28. The van der Waals surface area contributed by atoms with Crippen molar-refractivity contribution in [1.29, 1.82) is 0 Å². The average Bonchev–Trinajstić information content (AvgIpc) is 2.37. The van der Waals surface area contributed by atoms with Gasteiger partial charge in [-0.05, 0) is 32.3 Å². The molecule has 1 aromatic carbocycles. The standard InChI is InChI=1S/C17H24O/c1-13(2)9-8-10-14(3)15(4)17(18)16-11-6-5-7-12-16/h5-7,9,11-12,15,17-18H,3,8,10H2,1-2,4H3/t15-,17+/m0/s1. The van der Waals surface area contributed by atoms with Crippen molar-refractivity contribution in [2.24, 2.45) is 5.92 Å². The fourth-order valence-corrected chi connectivity index (χ4v) is 1.94. The summed E-state index contributed by atoms with van der Waals surface area (Å²) in [5.74, 6) is 0.0953. The maximum atomic E-state index is 10.3. The van der Waals surface area contributed by atoms with Crippen LogP contribution >= 0.6 is 0 Å². The van der Waals surface area contributed by atoms with E-state index < -0.39 is 6.10 Å². The molecule has 0 aliphatic heterocycles. The summed E-state index contributed by atoms with van der Waals surface area (Å²) >= 11 is 0. The van der Waals surface area contributed by atoms with Crippen molar-refractivity contribution in [3.8, 4) is 0 Å². The second-order valence-electron chi connectivity index (χ2n) is 5.12. The minimum Gasteiger partial charge on any atom is -0.388 e. The SMILES string of the molecule is C=C(CCC=C(C)C)[C@H](C)[C@@H](O)c1ccccc1. The molecule has 1 aromatic rings. The van der Waals surface area contributed by atoms with Gasteiger partial charge in [-0.3, -0.25) is 0 Å². The number of benzene rings is 1. The lowest BCUT2D eigenvalue weighted by Gasteiger charge is -2.21. The zero-order chi connectivity index (χ0) is 13.5. The van der Waals surface area contributed by atoms with Gasteiger partial charge in [-0.15, -0.1) is 0 Å². The number of hydrogen-bond acceptors (Lipinski definition) is 1. The van der Waals surface area contributed by atoms with Crippen molar-refractivity contribution >= 4 is 0 Å². The molecule has 0 fully saturated rings. The molecule has 0 saturated heterocycles. The van der Waals surface area contributed by atoms with Crippen LogP contribution in [0.5, 0.6) is 0 Å². The second kappa shape index (κ2) is 7.17. The Hall–Kier alpha value is -1.34. The quantitative estimate of drug-likeness (QED) is 0.722. The molecular formula is C17H24O. The van der Waals surface area contributed by atoms with Crippen molar-refractivity contribution in [2.75, 3.05) is 0 Å². The first-order valence-electron chi connectivity index (χ1n) is 6.56. The van der Waals surface area contributed by atoms with Gasteiger partial charge in [0, 0.05) is 5.92 Å². The van der Waals surface area contributed by atoms with Gasteiger partial charge in [-0.2, -0.15) is 0 Å². The largest absolute Gasteiger partial charge is 0.388 e. The Morgan fingerprint density at radius 2 is 1.89 bits per heavy atom. The van der Waals surface area contributed by atoms with Crippen LogP contribution in [0.4, 0.5) is 0 Å². The van der Waals surface area contributed by atoms with Gasteiger partial charge < -0.3 is 5.11 Å². The lowest BCUT2D eigenvalue weighted by atomic mass is 9.89. The Bertz CT molecular complexity index is 399. The second-order valence-corrected chi connectivity index (χ2v) is 5.12. The van der Waals surface area contributed by atoms with Crippen LogP contribution in [0.2, 0.25) is 0 Å². The van der Waals surface area contributed by atoms with E-state index in [1.54, 1.807) is 0 Å². The van der Waals surface area contributed by atoms with Crippen molar-refractivity contribution in [3.05, 3.63) is 59.7 Å². The number of aliphatic hydroxyl groups is 1. The molecule has 0 aliphatic rings. The molecule has 0 unspecified atom stereocenters. The zero-order valence-electron chi connectivity index (χ0n) is 11.7. The predicted molar refractivity (Wildman–Crippen MR) is 78.4 cm³/mol. The van der Waals surface area contributed by atoms with Gasteiger partial charge in [0.25, 0.3) is 0 Å². The first-order chi connectivity index (χ1) is 8.52. The first-order valence-corrected chi connectivity index (χ1v) is 6.56. The fourth-order valence-electron chi connectivity index (χ4n) is 1.94. The molecule has 1 N–H and O–H groups in total. The Kier molecular flexibility index (Phi) is 5.87. The number of allylic oxidation sites excluding steroid dienone is 2. The van der Waals surface area contributed by atoms with Gasteiger partial charge in [-0.1, -0.05) is 61.1 Å². The van der Waals surface area contributed by atoms with Gasteiger partial charge in [0.2, 0.25) is 0 Å². The third-order valence-corrected chi connectivity index (χ3v) is 3.28. The van der Waals surface area contributed by atoms with Crippen LogP contribution in [0.15, 0.2) is 54.1 Å². The van der Waals surface area contributed by atoms with E-state index in [1.165, 1.54) is 5.57 Å². The smallest absolute Gasteiger partial charge is 0.0852 e. The van der Waals surface area contributed by atoms with Crippen LogP contribution in [-0.2, 0) is 0 Å². The summed E-state index contributed by atoms with van der Waals surface area (Å²) in [5.41, 5.74) is 3.41. The van der Waals surface area contributed by atoms with Crippen molar-refractivity contribution in [3.63, 3.8) is 0 Å². The Morgan fingerprint density at radius 3 is 2.44 bits per heavy atom. The minimum absolute atomic E-state index is 0.0953. The third kappa shape index (κ3) is 4.50. The molecule has 0 saturated carbocycles. The van der Waals surface area contributed by atoms with E-state index >= 15 is 0 Å².